The van der Waals surface area contributed by atoms with Crippen LogP contribution in [0, 0.1) is 11.8 Å². The second-order valence-electron chi connectivity index (χ2n) is 6.20. The van der Waals surface area contributed by atoms with Crippen LogP contribution in [0.25, 0.3) is 10.9 Å². The first-order valence-electron chi connectivity index (χ1n) is 7.42. The molecule has 2 unspecified atom stereocenters. The summed E-state index contributed by atoms with van der Waals surface area (Å²) in [5.41, 5.74) is 1.06. The molecule has 0 radical (unpaired) electrons. The minimum absolute atomic E-state index is 0.312. The summed E-state index contributed by atoms with van der Waals surface area (Å²) in [7, 11) is 0. The Labute approximate surface area is 124 Å². The summed E-state index contributed by atoms with van der Waals surface area (Å²) in [5.74, 6) is 1.37. The van der Waals surface area contributed by atoms with Gasteiger partial charge in [-0.3, -0.25) is 0 Å². The lowest BCUT2D eigenvalue weighted by Gasteiger charge is -2.35. The highest BCUT2D eigenvalue weighted by Gasteiger charge is 2.23. The Morgan fingerprint density at radius 2 is 1.90 bits per heavy atom. The number of aromatic nitrogens is 1. The van der Waals surface area contributed by atoms with Gasteiger partial charge in [-0.25, -0.2) is 9.78 Å². The van der Waals surface area contributed by atoms with E-state index in [-0.39, 0.29) is 0 Å². The summed E-state index contributed by atoms with van der Waals surface area (Å²) in [5, 5.41) is 9.93. The minimum atomic E-state index is -0.907. The van der Waals surface area contributed by atoms with Crippen molar-refractivity contribution in [2.24, 2.45) is 11.8 Å². The standard InChI is InChI=1S/C17H20N2O2/c1-11-8-12(2)10-19(9-11)16-7-6-13-14(17(20)21)4-3-5-15(13)18-16/h3-7,11-12H,8-10H2,1-2H3,(H,20,21). The normalized spacial score (nSPS) is 22.5. The molecule has 1 N–H and O–H groups in total. The van der Waals surface area contributed by atoms with Crippen LogP contribution in [0.3, 0.4) is 0 Å². The van der Waals surface area contributed by atoms with Crippen molar-refractivity contribution < 1.29 is 9.90 Å². The van der Waals surface area contributed by atoms with E-state index in [9.17, 15) is 9.90 Å². The quantitative estimate of drug-likeness (QED) is 0.918. The second kappa shape index (κ2) is 5.35. The lowest BCUT2D eigenvalue weighted by Crippen LogP contribution is -2.39. The number of rotatable bonds is 2. The van der Waals surface area contributed by atoms with Crippen LogP contribution in [-0.2, 0) is 0 Å². The van der Waals surface area contributed by atoms with E-state index < -0.39 is 5.97 Å². The lowest BCUT2D eigenvalue weighted by molar-refractivity contribution is 0.0699. The number of aromatic carboxylic acids is 1. The Balaban J connectivity index is 2.00. The molecule has 0 amide bonds. The van der Waals surface area contributed by atoms with E-state index in [1.165, 1.54) is 6.42 Å². The van der Waals surface area contributed by atoms with Gasteiger partial charge in [-0.2, -0.15) is 0 Å². The summed E-state index contributed by atoms with van der Waals surface area (Å²) in [6.45, 7) is 6.57. The summed E-state index contributed by atoms with van der Waals surface area (Å²) < 4.78 is 0. The molecule has 4 heteroatoms. The second-order valence-corrected chi connectivity index (χ2v) is 6.20. The van der Waals surface area contributed by atoms with E-state index in [1.807, 2.05) is 18.2 Å². The monoisotopic (exact) mass is 284 g/mol. The number of benzene rings is 1. The number of piperidine rings is 1. The largest absolute Gasteiger partial charge is 0.478 e. The van der Waals surface area contributed by atoms with Crippen molar-refractivity contribution in [3.05, 3.63) is 35.9 Å². The molecule has 0 bridgehead atoms. The zero-order valence-electron chi connectivity index (χ0n) is 12.4. The topological polar surface area (TPSA) is 53.4 Å². The van der Waals surface area contributed by atoms with E-state index in [2.05, 4.69) is 23.7 Å². The van der Waals surface area contributed by atoms with Gasteiger partial charge in [-0.1, -0.05) is 19.9 Å². The Hall–Kier alpha value is -2.10. The Morgan fingerprint density at radius 3 is 2.57 bits per heavy atom. The molecule has 110 valence electrons. The first-order chi connectivity index (χ1) is 10.0. The number of hydrogen-bond donors (Lipinski definition) is 1. The molecule has 3 rings (SSSR count). The summed E-state index contributed by atoms with van der Waals surface area (Å²) in [6.07, 6.45) is 1.26. The van der Waals surface area contributed by atoms with Crippen molar-refractivity contribution in [2.45, 2.75) is 20.3 Å². The summed E-state index contributed by atoms with van der Waals surface area (Å²) >= 11 is 0. The number of anilines is 1. The van der Waals surface area contributed by atoms with Gasteiger partial charge in [-0.15, -0.1) is 0 Å². The van der Waals surface area contributed by atoms with Crippen molar-refractivity contribution >= 4 is 22.7 Å². The highest BCUT2D eigenvalue weighted by atomic mass is 16.4. The molecule has 1 aromatic heterocycles. The maximum Gasteiger partial charge on any atom is 0.336 e. The van der Waals surface area contributed by atoms with Crippen molar-refractivity contribution in [1.82, 2.24) is 4.98 Å². The van der Waals surface area contributed by atoms with Crippen molar-refractivity contribution in [3.63, 3.8) is 0 Å². The number of carboxylic acid groups (broad SMARTS) is 1. The Bertz CT molecular complexity index is 674. The van der Waals surface area contributed by atoms with Crippen LogP contribution in [0.15, 0.2) is 30.3 Å². The SMILES string of the molecule is CC1CC(C)CN(c2ccc3c(C(=O)O)cccc3n2)C1. The number of nitrogens with zero attached hydrogens (tertiary/aromatic N) is 2. The molecule has 1 saturated heterocycles. The van der Waals surface area contributed by atoms with Gasteiger partial charge in [0, 0.05) is 18.5 Å². The smallest absolute Gasteiger partial charge is 0.336 e. The Morgan fingerprint density at radius 1 is 1.19 bits per heavy atom. The summed E-state index contributed by atoms with van der Waals surface area (Å²) in [6, 6.07) is 9.08. The molecule has 0 aliphatic carbocycles. The fourth-order valence-electron chi connectivity index (χ4n) is 3.36. The van der Waals surface area contributed by atoms with E-state index in [0.717, 1.165) is 24.4 Å². The third-order valence-corrected chi connectivity index (χ3v) is 4.14. The fraction of sp³-hybridized carbons (Fsp3) is 0.412. The lowest BCUT2D eigenvalue weighted by atomic mass is 9.92. The van der Waals surface area contributed by atoms with Crippen LogP contribution in [0.4, 0.5) is 5.82 Å². The number of hydrogen-bond acceptors (Lipinski definition) is 3. The molecule has 0 spiro atoms. The van der Waals surface area contributed by atoms with Crippen molar-refractivity contribution in [3.8, 4) is 0 Å². The van der Waals surface area contributed by atoms with Crippen LogP contribution in [-0.4, -0.2) is 29.1 Å². The van der Waals surface area contributed by atoms with Crippen molar-refractivity contribution in [2.75, 3.05) is 18.0 Å². The number of carbonyl (C=O) groups is 1. The first-order valence-corrected chi connectivity index (χ1v) is 7.42. The average Bonchev–Trinajstić information content (AvgIpc) is 2.44. The molecule has 1 aliphatic rings. The predicted octanol–water partition coefficient (Wildman–Crippen LogP) is 3.42. The molecular formula is C17H20N2O2. The molecule has 21 heavy (non-hydrogen) atoms. The van der Waals surface area contributed by atoms with Crippen molar-refractivity contribution in [1.29, 1.82) is 0 Å². The number of carboxylic acids is 1. The fourth-order valence-corrected chi connectivity index (χ4v) is 3.36. The van der Waals surface area contributed by atoms with Crippen LogP contribution in [0.2, 0.25) is 0 Å². The zero-order chi connectivity index (χ0) is 15.0. The molecule has 2 aromatic rings. The van der Waals surface area contributed by atoms with Crippen LogP contribution >= 0.6 is 0 Å². The minimum Gasteiger partial charge on any atom is -0.478 e. The van der Waals surface area contributed by atoms with E-state index in [4.69, 9.17) is 0 Å². The Kier molecular flexibility index (Phi) is 3.53. The highest BCUT2D eigenvalue weighted by Crippen LogP contribution is 2.27. The van der Waals surface area contributed by atoms with Gasteiger partial charge in [0.15, 0.2) is 0 Å². The average molecular weight is 284 g/mol. The molecule has 4 nitrogen and oxygen atoms in total. The van der Waals surface area contributed by atoms with Gasteiger partial charge in [0.05, 0.1) is 11.1 Å². The van der Waals surface area contributed by atoms with Gasteiger partial charge in [0.2, 0.25) is 0 Å². The molecular weight excluding hydrogens is 264 g/mol. The summed E-state index contributed by atoms with van der Waals surface area (Å²) in [4.78, 5) is 18.2. The van der Waals surface area contributed by atoms with E-state index in [0.29, 0.717) is 22.8 Å². The zero-order valence-corrected chi connectivity index (χ0v) is 12.4. The molecule has 2 atom stereocenters. The molecule has 2 heterocycles. The predicted molar refractivity (Wildman–Crippen MR) is 83.9 cm³/mol. The van der Waals surface area contributed by atoms with Crippen LogP contribution < -0.4 is 4.90 Å². The van der Waals surface area contributed by atoms with Gasteiger partial charge < -0.3 is 10.0 Å². The van der Waals surface area contributed by atoms with E-state index in [1.54, 1.807) is 12.1 Å². The maximum absolute atomic E-state index is 11.2. The van der Waals surface area contributed by atoms with Gasteiger partial charge in [0.25, 0.3) is 0 Å². The van der Waals surface area contributed by atoms with Crippen LogP contribution in [0.5, 0.6) is 0 Å². The number of pyridine rings is 1. The first kappa shape index (κ1) is 13.9. The molecule has 1 fully saturated rings. The molecule has 0 saturated carbocycles. The van der Waals surface area contributed by atoms with Crippen LogP contribution in [0.1, 0.15) is 30.6 Å². The van der Waals surface area contributed by atoms with Gasteiger partial charge in [0.1, 0.15) is 5.82 Å². The van der Waals surface area contributed by atoms with Gasteiger partial charge in [-0.05, 0) is 42.5 Å². The molecule has 1 aliphatic heterocycles. The third kappa shape index (κ3) is 2.71. The van der Waals surface area contributed by atoms with Gasteiger partial charge >= 0.3 is 5.97 Å². The number of fused-ring (bicyclic) bond motifs is 1. The molecule has 1 aromatic carbocycles. The maximum atomic E-state index is 11.2. The van der Waals surface area contributed by atoms with E-state index >= 15 is 0 Å². The third-order valence-electron chi connectivity index (χ3n) is 4.14. The highest BCUT2D eigenvalue weighted by molar-refractivity contribution is 6.02.